The van der Waals surface area contributed by atoms with Gasteiger partial charge in [0.05, 0.1) is 0 Å². The van der Waals surface area contributed by atoms with Crippen molar-refractivity contribution in [1.82, 2.24) is 4.90 Å². The molecule has 4 atom stereocenters. The highest BCUT2D eigenvalue weighted by Gasteiger charge is 2.46. The molecule has 0 amide bonds. The van der Waals surface area contributed by atoms with E-state index >= 15 is 0 Å². The molecule has 0 saturated carbocycles. The van der Waals surface area contributed by atoms with E-state index in [2.05, 4.69) is 72.0 Å². The van der Waals surface area contributed by atoms with Crippen molar-refractivity contribution in [3.8, 4) is 0 Å². The lowest BCUT2D eigenvalue weighted by Gasteiger charge is -2.39. The van der Waals surface area contributed by atoms with Gasteiger partial charge in [0.25, 0.3) is 0 Å². The van der Waals surface area contributed by atoms with Crippen LogP contribution < -0.4 is 4.90 Å². The fraction of sp³-hybridized carbons (Fsp3) is 0.704. The van der Waals surface area contributed by atoms with Gasteiger partial charge in [-0.1, -0.05) is 56.5 Å². The Balaban J connectivity index is 1.35. The largest absolute Gasteiger partial charge is 0.367 e. The smallest absolute Gasteiger partial charge is 0.0405 e. The van der Waals surface area contributed by atoms with Crippen LogP contribution in [0.4, 0.5) is 5.69 Å². The number of rotatable bonds is 10. The topological polar surface area (TPSA) is 6.48 Å². The van der Waals surface area contributed by atoms with Gasteiger partial charge >= 0.3 is 0 Å². The van der Waals surface area contributed by atoms with E-state index in [0.29, 0.717) is 0 Å². The van der Waals surface area contributed by atoms with Crippen LogP contribution >= 0.6 is 11.8 Å². The number of hydrogen-bond donors (Lipinski definition) is 0. The van der Waals surface area contributed by atoms with Gasteiger partial charge in [-0.05, 0) is 82.0 Å². The lowest BCUT2D eigenvalue weighted by atomic mass is 9.79. The molecule has 30 heavy (non-hydrogen) atoms. The van der Waals surface area contributed by atoms with E-state index in [1.807, 2.05) is 0 Å². The number of para-hydroxylation sites is 1. The van der Waals surface area contributed by atoms with E-state index < -0.39 is 0 Å². The fourth-order valence-electron chi connectivity index (χ4n) is 6.01. The summed E-state index contributed by atoms with van der Waals surface area (Å²) in [5.41, 5.74) is 3.21. The van der Waals surface area contributed by atoms with E-state index in [1.54, 1.807) is 11.3 Å². The quantitative estimate of drug-likeness (QED) is 0.303. The molecule has 2 heterocycles. The second-order valence-electron chi connectivity index (χ2n) is 9.71. The van der Waals surface area contributed by atoms with E-state index in [1.165, 1.54) is 83.2 Å². The Hall–Kier alpha value is -0.930. The number of benzene rings is 1. The second kappa shape index (κ2) is 11.1. The molecule has 1 aromatic carbocycles. The molecule has 4 unspecified atom stereocenters. The van der Waals surface area contributed by atoms with Crippen LogP contribution in [0.5, 0.6) is 0 Å². The molecule has 0 aromatic heterocycles. The highest BCUT2D eigenvalue weighted by atomic mass is 32.2. The monoisotopic (exact) mass is 426 g/mol. The van der Waals surface area contributed by atoms with Crippen LogP contribution in [0.25, 0.3) is 0 Å². The molecular weight excluding hydrogens is 384 g/mol. The lowest BCUT2D eigenvalue weighted by molar-refractivity contribution is 0.317. The summed E-state index contributed by atoms with van der Waals surface area (Å²) in [4.78, 5) is 5.38. The lowest BCUT2D eigenvalue weighted by Crippen LogP contribution is -2.44. The molecule has 0 bridgehead atoms. The average molecular weight is 427 g/mol. The van der Waals surface area contributed by atoms with Gasteiger partial charge in [0.15, 0.2) is 0 Å². The van der Waals surface area contributed by atoms with Crippen LogP contribution in [-0.2, 0) is 0 Å². The predicted molar refractivity (Wildman–Crippen MR) is 134 cm³/mol. The third kappa shape index (κ3) is 5.10. The van der Waals surface area contributed by atoms with Gasteiger partial charge in [-0.3, -0.25) is 0 Å². The third-order valence-corrected chi connectivity index (χ3v) is 8.96. The summed E-state index contributed by atoms with van der Waals surface area (Å²) in [5.74, 6) is 2.90. The number of nitrogens with zero attached hydrogens (tertiary/aromatic N) is 2. The zero-order valence-corrected chi connectivity index (χ0v) is 20.1. The molecule has 1 fully saturated rings. The van der Waals surface area contributed by atoms with Crippen molar-refractivity contribution in [2.45, 2.75) is 81.9 Å². The number of allylic oxidation sites excluding steroid dienone is 1. The second-order valence-corrected chi connectivity index (χ2v) is 11.0. The number of unbranched alkanes of at least 4 members (excludes halogenated alkanes) is 4. The van der Waals surface area contributed by atoms with Crippen LogP contribution in [-0.4, -0.2) is 48.6 Å². The van der Waals surface area contributed by atoms with Crippen molar-refractivity contribution in [2.24, 2.45) is 5.92 Å². The molecule has 4 rings (SSSR count). The van der Waals surface area contributed by atoms with Crippen LogP contribution in [0, 0.1) is 5.92 Å². The highest BCUT2D eigenvalue weighted by Crippen LogP contribution is 2.51. The van der Waals surface area contributed by atoms with Gasteiger partial charge in [-0.2, -0.15) is 11.8 Å². The van der Waals surface area contributed by atoms with Crippen molar-refractivity contribution in [2.75, 3.05) is 37.3 Å². The van der Waals surface area contributed by atoms with E-state index in [0.717, 1.165) is 23.1 Å². The minimum atomic E-state index is 0.729. The highest BCUT2D eigenvalue weighted by molar-refractivity contribution is 8.00. The molecule has 0 spiro atoms. The van der Waals surface area contributed by atoms with Crippen molar-refractivity contribution in [3.63, 3.8) is 0 Å². The summed E-state index contributed by atoms with van der Waals surface area (Å²) in [6.45, 7) is 6.07. The summed E-state index contributed by atoms with van der Waals surface area (Å²) in [5, 5.41) is 0.740. The third-order valence-electron chi connectivity index (χ3n) is 7.59. The van der Waals surface area contributed by atoms with Gasteiger partial charge < -0.3 is 9.80 Å². The van der Waals surface area contributed by atoms with Crippen LogP contribution in [0.2, 0.25) is 0 Å². The Morgan fingerprint density at radius 1 is 1.03 bits per heavy atom. The molecule has 1 aromatic rings. The Kier molecular flexibility index (Phi) is 8.23. The Labute approximate surface area is 189 Å². The van der Waals surface area contributed by atoms with E-state index in [4.69, 9.17) is 0 Å². The van der Waals surface area contributed by atoms with Gasteiger partial charge in [0.2, 0.25) is 0 Å². The van der Waals surface area contributed by atoms with Crippen molar-refractivity contribution in [3.05, 3.63) is 42.0 Å². The first kappa shape index (κ1) is 22.3. The molecule has 2 nitrogen and oxygen atoms in total. The number of hydrogen-bond acceptors (Lipinski definition) is 3. The first-order valence-electron chi connectivity index (χ1n) is 12.6. The Morgan fingerprint density at radius 3 is 2.77 bits per heavy atom. The Bertz CT molecular complexity index is 687. The molecule has 1 saturated heterocycles. The number of thioether (sulfide) groups is 1. The SMILES string of the molecule is CCCCN(C)CCCCCCN1c2ccccc2C2CCSC3C=CCCC3C21. The summed E-state index contributed by atoms with van der Waals surface area (Å²) in [7, 11) is 2.29. The minimum absolute atomic E-state index is 0.729. The maximum Gasteiger partial charge on any atom is 0.0405 e. The summed E-state index contributed by atoms with van der Waals surface area (Å²) < 4.78 is 0. The zero-order chi connectivity index (χ0) is 20.8. The van der Waals surface area contributed by atoms with Crippen LogP contribution in [0.3, 0.4) is 0 Å². The summed E-state index contributed by atoms with van der Waals surface area (Å²) in [6.07, 6.45) is 17.1. The zero-order valence-electron chi connectivity index (χ0n) is 19.3. The maximum atomic E-state index is 2.86. The first-order chi connectivity index (χ1) is 14.8. The normalized spacial score (nSPS) is 27.6. The predicted octanol–water partition coefficient (Wildman–Crippen LogP) is 6.72. The number of fused-ring (bicyclic) bond motifs is 5. The van der Waals surface area contributed by atoms with Crippen molar-refractivity contribution in [1.29, 1.82) is 0 Å². The molecule has 3 heteroatoms. The van der Waals surface area contributed by atoms with E-state index in [-0.39, 0.29) is 0 Å². The fourth-order valence-corrected chi connectivity index (χ4v) is 7.44. The number of anilines is 1. The van der Waals surface area contributed by atoms with Gasteiger partial charge in [-0.15, -0.1) is 0 Å². The molecule has 1 aliphatic carbocycles. The standard InChI is InChI=1S/C27H42N2S/c1-3-4-18-28(2)19-11-5-6-12-20-29-25-15-9-7-13-22(25)23-17-21-30-26-16-10-8-14-24(26)27(23)29/h7,9-10,13,15-16,23-24,26-27H,3-6,8,11-12,14,17-21H2,1-2H3. The molecular formula is C27H42N2S. The maximum absolute atomic E-state index is 2.86. The van der Waals surface area contributed by atoms with Gasteiger partial charge in [0, 0.05) is 29.4 Å². The van der Waals surface area contributed by atoms with Gasteiger partial charge in [0.1, 0.15) is 0 Å². The average Bonchev–Trinajstić information content (AvgIpc) is 2.95. The first-order valence-corrected chi connectivity index (χ1v) is 13.7. The minimum Gasteiger partial charge on any atom is -0.367 e. The van der Waals surface area contributed by atoms with E-state index in [9.17, 15) is 0 Å². The molecule has 3 aliphatic rings. The summed E-state index contributed by atoms with van der Waals surface area (Å²) >= 11 is 2.23. The Morgan fingerprint density at radius 2 is 1.87 bits per heavy atom. The van der Waals surface area contributed by atoms with Crippen molar-refractivity contribution < 1.29 is 0 Å². The molecule has 2 aliphatic heterocycles. The van der Waals surface area contributed by atoms with Gasteiger partial charge in [-0.25, -0.2) is 0 Å². The molecule has 0 N–H and O–H groups in total. The summed E-state index contributed by atoms with van der Waals surface area (Å²) in [6, 6.07) is 10.1. The molecule has 0 radical (unpaired) electrons. The van der Waals surface area contributed by atoms with Crippen LogP contribution in [0.1, 0.15) is 76.2 Å². The van der Waals surface area contributed by atoms with Crippen molar-refractivity contribution >= 4 is 17.4 Å². The molecule has 166 valence electrons. The van der Waals surface area contributed by atoms with Crippen LogP contribution in [0.15, 0.2) is 36.4 Å².